The topological polar surface area (TPSA) is 26.3 Å². The lowest BCUT2D eigenvalue weighted by atomic mass is 9.96. The lowest BCUT2D eigenvalue weighted by Crippen LogP contribution is -2.37. The fraction of sp³-hybridized carbons (Fsp3) is 0.889. The summed E-state index contributed by atoms with van der Waals surface area (Å²) in [4.78, 5) is 11.4. The third-order valence-electron chi connectivity index (χ3n) is 3.44. The van der Waals surface area contributed by atoms with Gasteiger partial charge in [0.15, 0.2) is 0 Å². The van der Waals surface area contributed by atoms with E-state index in [0.717, 1.165) is 0 Å². The van der Waals surface area contributed by atoms with Gasteiger partial charge in [0.25, 0.3) is 0 Å². The van der Waals surface area contributed by atoms with Crippen molar-refractivity contribution in [1.29, 1.82) is 0 Å². The van der Waals surface area contributed by atoms with Crippen molar-refractivity contribution in [3.8, 4) is 0 Å². The Bertz CT molecular complexity index is 270. The fourth-order valence-electron chi connectivity index (χ4n) is 2.68. The minimum atomic E-state index is -0.363. The predicted molar refractivity (Wildman–Crippen MR) is 49.1 cm³/mol. The van der Waals surface area contributed by atoms with E-state index in [0.29, 0.717) is 0 Å². The molecule has 2 unspecified atom stereocenters. The molecular weight excluding hydrogens is 220 g/mol. The molecule has 2 aliphatic rings. The minimum Gasteiger partial charge on any atom is -0.458 e. The van der Waals surface area contributed by atoms with Gasteiger partial charge >= 0.3 is 5.97 Å². The summed E-state index contributed by atoms with van der Waals surface area (Å²) in [6.45, 7) is 8.14. The SMILES string of the molecule is CC1(C)OC(=O)C2C(C)(C)C21Br. The first-order valence-electron chi connectivity index (χ1n) is 4.17. The smallest absolute Gasteiger partial charge is 0.311 e. The molecule has 0 aromatic heterocycles. The molecule has 2 nitrogen and oxygen atoms in total. The van der Waals surface area contributed by atoms with E-state index in [1.165, 1.54) is 0 Å². The predicted octanol–water partition coefficient (Wildman–Crippen LogP) is 2.11. The van der Waals surface area contributed by atoms with Crippen LogP contribution in [0.15, 0.2) is 0 Å². The quantitative estimate of drug-likeness (QED) is 0.473. The molecule has 0 aromatic carbocycles. The fourth-order valence-corrected chi connectivity index (χ4v) is 3.63. The van der Waals surface area contributed by atoms with Crippen LogP contribution in [0.5, 0.6) is 0 Å². The Hall–Kier alpha value is -0.0500. The summed E-state index contributed by atoms with van der Waals surface area (Å²) in [6, 6.07) is 0. The molecule has 1 saturated carbocycles. The number of hydrogen-bond acceptors (Lipinski definition) is 2. The molecule has 68 valence electrons. The summed E-state index contributed by atoms with van der Waals surface area (Å²) < 4.78 is 5.13. The van der Waals surface area contributed by atoms with Crippen LogP contribution in [0.25, 0.3) is 0 Å². The van der Waals surface area contributed by atoms with Gasteiger partial charge in [-0.3, -0.25) is 4.79 Å². The maximum absolute atomic E-state index is 11.4. The molecule has 0 bridgehead atoms. The third kappa shape index (κ3) is 0.584. The summed E-state index contributed by atoms with van der Waals surface area (Å²) in [5.41, 5.74) is -0.315. The zero-order valence-corrected chi connectivity index (χ0v) is 9.36. The average molecular weight is 233 g/mol. The maximum Gasteiger partial charge on any atom is 0.311 e. The van der Waals surface area contributed by atoms with Gasteiger partial charge in [-0.15, -0.1) is 0 Å². The number of halogens is 1. The van der Waals surface area contributed by atoms with E-state index in [2.05, 4.69) is 29.8 Å². The van der Waals surface area contributed by atoms with Crippen LogP contribution in [0.3, 0.4) is 0 Å². The van der Waals surface area contributed by atoms with E-state index in [-0.39, 0.29) is 27.2 Å². The number of fused-ring (bicyclic) bond motifs is 1. The van der Waals surface area contributed by atoms with Gasteiger partial charge in [0.1, 0.15) is 5.60 Å². The number of cyclic esters (lactones) is 1. The van der Waals surface area contributed by atoms with Crippen molar-refractivity contribution >= 4 is 21.9 Å². The van der Waals surface area contributed by atoms with Crippen LogP contribution >= 0.6 is 15.9 Å². The molecule has 0 N–H and O–H groups in total. The standard InChI is InChI=1S/C9H13BrO2/c1-7(2)5-6(11)12-8(3,4)9(5,7)10/h5H,1-4H3. The summed E-state index contributed by atoms with van der Waals surface area (Å²) in [5.74, 6) is -0.0122. The molecule has 1 heterocycles. The summed E-state index contributed by atoms with van der Waals surface area (Å²) >= 11 is 3.65. The van der Waals surface area contributed by atoms with Crippen molar-refractivity contribution < 1.29 is 9.53 Å². The number of alkyl halides is 1. The van der Waals surface area contributed by atoms with Gasteiger partial charge in [0, 0.05) is 0 Å². The molecule has 2 fully saturated rings. The number of hydrogen-bond donors (Lipinski definition) is 0. The van der Waals surface area contributed by atoms with Gasteiger partial charge in [-0.2, -0.15) is 0 Å². The highest BCUT2D eigenvalue weighted by atomic mass is 79.9. The highest BCUT2D eigenvalue weighted by Crippen LogP contribution is 2.76. The van der Waals surface area contributed by atoms with Gasteiger partial charge in [-0.1, -0.05) is 29.8 Å². The van der Waals surface area contributed by atoms with Gasteiger partial charge in [-0.25, -0.2) is 0 Å². The lowest BCUT2D eigenvalue weighted by Gasteiger charge is -2.29. The van der Waals surface area contributed by atoms with E-state index < -0.39 is 0 Å². The molecule has 0 amide bonds. The molecule has 2 atom stereocenters. The summed E-state index contributed by atoms with van der Waals surface area (Å²) in [5, 5.41) is 0. The Balaban J connectivity index is 2.47. The van der Waals surface area contributed by atoms with E-state index >= 15 is 0 Å². The highest BCUT2D eigenvalue weighted by molar-refractivity contribution is 9.10. The first-order valence-corrected chi connectivity index (χ1v) is 4.96. The minimum absolute atomic E-state index is 0.0417. The highest BCUT2D eigenvalue weighted by Gasteiger charge is 2.84. The Morgan fingerprint density at radius 1 is 1.33 bits per heavy atom. The van der Waals surface area contributed by atoms with Crippen molar-refractivity contribution in [3.05, 3.63) is 0 Å². The summed E-state index contributed by atoms with van der Waals surface area (Å²) in [7, 11) is 0. The van der Waals surface area contributed by atoms with E-state index in [4.69, 9.17) is 4.74 Å². The second-order valence-corrected chi connectivity index (χ2v) is 6.05. The molecule has 2 rings (SSSR count). The molecule has 12 heavy (non-hydrogen) atoms. The van der Waals surface area contributed by atoms with Crippen molar-refractivity contribution in [1.82, 2.24) is 0 Å². The molecule has 1 aliphatic heterocycles. The normalized spacial score (nSPS) is 46.8. The van der Waals surface area contributed by atoms with Gasteiger partial charge in [-0.05, 0) is 19.3 Å². The van der Waals surface area contributed by atoms with E-state index in [1.54, 1.807) is 0 Å². The Morgan fingerprint density at radius 2 is 1.83 bits per heavy atom. The molecule has 0 aromatic rings. The molecule has 3 heteroatoms. The zero-order chi connectivity index (χ0) is 9.36. The van der Waals surface area contributed by atoms with E-state index in [1.807, 2.05) is 13.8 Å². The Morgan fingerprint density at radius 3 is 2.00 bits per heavy atom. The van der Waals surface area contributed by atoms with Crippen LogP contribution in [-0.2, 0) is 9.53 Å². The first-order chi connectivity index (χ1) is 5.25. The second kappa shape index (κ2) is 1.74. The number of carbonyl (C=O) groups is 1. The van der Waals surface area contributed by atoms with Crippen molar-refractivity contribution in [2.24, 2.45) is 11.3 Å². The van der Waals surface area contributed by atoms with Crippen molar-refractivity contribution in [3.63, 3.8) is 0 Å². The number of ether oxygens (including phenoxy) is 1. The van der Waals surface area contributed by atoms with Crippen LogP contribution in [-0.4, -0.2) is 15.9 Å². The maximum atomic E-state index is 11.4. The average Bonchev–Trinajstić information content (AvgIpc) is 2.18. The summed E-state index contributed by atoms with van der Waals surface area (Å²) in [6.07, 6.45) is 0. The Labute approximate surface area is 80.8 Å². The largest absolute Gasteiger partial charge is 0.458 e. The zero-order valence-electron chi connectivity index (χ0n) is 7.77. The van der Waals surface area contributed by atoms with Crippen molar-refractivity contribution in [2.75, 3.05) is 0 Å². The van der Waals surface area contributed by atoms with E-state index in [9.17, 15) is 4.79 Å². The first kappa shape index (κ1) is 8.54. The number of carbonyl (C=O) groups excluding carboxylic acids is 1. The number of esters is 1. The number of rotatable bonds is 0. The van der Waals surface area contributed by atoms with Crippen LogP contribution < -0.4 is 0 Å². The monoisotopic (exact) mass is 232 g/mol. The van der Waals surface area contributed by atoms with Gasteiger partial charge in [0.2, 0.25) is 0 Å². The van der Waals surface area contributed by atoms with Gasteiger partial charge < -0.3 is 4.74 Å². The lowest BCUT2D eigenvalue weighted by molar-refractivity contribution is -0.152. The second-order valence-electron chi connectivity index (χ2n) is 4.80. The van der Waals surface area contributed by atoms with Gasteiger partial charge in [0.05, 0.1) is 10.2 Å². The van der Waals surface area contributed by atoms with Crippen molar-refractivity contribution in [2.45, 2.75) is 37.6 Å². The molecule has 0 spiro atoms. The van der Waals surface area contributed by atoms with Crippen LogP contribution in [0.1, 0.15) is 27.7 Å². The molecular formula is C9H13BrO2. The third-order valence-corrected chi connectivity index (χ3v) is 5.88. The van der Waals surface area contributed by atoms with Crippen LogP contribution in [0.4, 0.5) is 0 Å². The molecule has 0 radical (unpaired) electrons. The Kier molecular flexibility index (Phi) is 1.24. The molecule has 1 saturated heterocycles. The molecule has 1 aliphatic carbocycles. The van der Waals surface area contributed by atoms with Crippen LogP contribution in [0, 0.1) is 11.3 Å². The van der Waals surface area contributed by atoms with Crippen LogP contribution in [0.2, 0.25) is 0 Å².